The minimum atomic E-state index is -0.215. The first-order valence-corrected chi connectivity index (χ1v) is 9.21. The van der Waals surface area contributed by atoms with Gasteiger partial charge in [0.15, 0.2) is 12.4 Å². The van der Waals surface area contributed by atoms with Crippen LogP contribution < -0.4 is 15.8 Å². The van der Waals surface area contributed by atoms with Crippen LogP contribution in [-0.2, 0) is 11.3 Å². The first-order valence-electron chi connectivity index (χ1n) is 9.21. The molecule has 0 atom stereocenters. The van der Waals surface area contributed by atoms with E-state index in [1.54, 1.807) is 12.1 Å². The number of H-pyrrole nitrogens is 1. The number of ether oxygens (including phenoxy) is 1. The van der Waals surface area contributed by atoms with E-state index >= 15 is 0 Å². The van der Waals surface area contributed by atoms with Gasteiger partial charge in [-0.3, -0.25) is 9.89 Å². The van der Waals surface area contributed by atoms with Crippen LogP contribution in [0, 0.1) is 6.92 Å². The van der Waals surface area contributed by atoms with E-state index < -0.39 is 0 Å². The topological polar surface area (TPSA) is 106 Å². The van der Waals surface area contributed by atoms with Crippen LogP contribution in [0.15, 0.2) is 42.5 Å². The van der Waals surface area contributed by atoms with Crippen molar-refractivity contribution in [2.24, 2.45) is 5.73 Å². The van der Waals surface area contributed by atoms with E-state index in [9.17, 15) is 4.79 Å². The summed E-state index contributed by atoms with van der Waals surface area (Å²) in [6.45, 7) is 6.46. The second kappa shape index (κ2) is 10.0. The number of benzene rings is 2. The summed E-state index contributed by atoms with van der Waals surface area (Å²) in [4.78, 5) is 16.6. The standard InChI is InChI=1S/C21H25N5O2.ClH/c1-13(2)17-9-4-14(3)10-18(17)28-12-20(27)23-16-7-5-15(6-8-16)21-24-19(11-22)25-26-21;/h4-10,13H,11-12,22H2,1-3H3,(H,23,27)(H,24,25,26);1H. The van der Waals surface area contributed by atoms with Crippen LogP contribution in [0.2, 0.25) is 0 Å². The van der Waals surface area contributed by atoms with Crippen LogP contribution >= 0.6 is 12.4 Å². The molecule has 2 aromatic carbocycles. The molecule has 0 aliphatic carbocycles. The molecule has 8 heteroatoms. The Morgan fingerprint density at radius 2 is 1.93 bits per heavy atom. The fourth-order valence-corrected chi connectivity index (χ4v) is 2.80. The lowest BCUT2D eigenvalue weighted by molar-refractivity contribution is -0.118. The van der Waals surface area contributed by atoms with Crippen LogP contribution in [0.5, 0.6) is 5.75 Å². The first-order chi connectivity index (χ1) is 13.5. The van der Waals surface area contributed by atoms with E-state index in [0.29, 0.717) is 29.8 Å². The quantitative estimate of drug-likeness (QED) is 0.544. The van der Waals surface area contributed by atoms with E-state index in [1.165, 1.54) is 0 Å². The molecule has 0 aliphatic heterocycles. The maximum absolute atomic E-state index is 12.3. The van der Waals surface area contributed by atoms with Gasteiger partial charge in [-0.05, 0) is 54.3 Å². The smallest absolute Gasteiger partial charge is 0.262 e. The zero-order valence-corrected chi connectivity index (χ0v) is 17.5. The number of anilines is 1. The van der Waals surface area contributed by atoms with Crippen LogP contribution in [-0.4, -0.2) is 27.7 Å². The lowest BCUT2D eigenvalue weighted by Gasteiger charge is -2.15. The Kier molecular flexibility index (Phi) is 7.75. The molecule has 7 nitrogen and oxygen atoms in total. The summed E-state index contributed by atoms with van der Waals surface area (Å²) >= 11 is 0. The van der Waals surface area contributed by atoms with Gasteiger partial charge in [-0.2, -0.15) is 5.10 Å². The van der Waals surface area contributed by atoms with Crippen LogP contribution in [0.25, 0.3) is 11.4 Å². The third kappa shape index (κ3) is 5.79. The van der Waals surface area contributed by atoms with E-state index in [0.717, 1.165) is 22.4 Å². The highest BCUT2D eigenvalue weighted by molar-refractivity contribution is 5.92. The van der Waals surface area contributed by atoms with Crippen molar-refractivity contribution >= 4 is 24.0 Å². The van der Waals surface area contributed by atoms with Gasteiger partial charge in [0.1, 0.15) is 11.6 Å². The molecule has 1 amide bonds. The molecule has 0 unspecified atom stereocenters. The van der Waals surface area contributed by atoms with Gasteiger partial charge in [-0.1, -0.05) is 26.0 Å². The van der Waals surface area contributed by atoms with E-state index in [1.807, 2.05) is 31.2 Å². The number of amides is 1. The largest absolute Gasteiger partial charge is 0.483 e. The predicted molar refractivity (Wildman–Crippen MR) is 116 cm³/mol. The second-order valence-electron chi connectivity index (χ2n) is 6.92. The molecule has 0 spiro atoms. The molecule has 1 aromatic heterocycles. The zero-order chi connectivity index (χ0) is 20.1. The monoisotopic (exact) mass is 415 g/mol. The number of hydrogen-bond donors (Lipinski definition) is 3. The Morgan fingerprint density at radius 3 is 2.55 bits per heavy atom. The van der Waals surface area contributed by atoms with Gasteiger partial charge in [0.05, 0.1) is 6.54 Å². The first kappa shape index (κ1) is 22.4. The van der Waals surface area contributed by atoms with Gasteiger partial charge >= 0.3 is 0 Å². The van der Waals surface area contributed by atoms with Gasteiger partial charge in [-0.25, -0.2) is 4.98 Å². The Labute approximate surface area is 176 Å². The third-order valence-corrected chi connectivity index (χ3v) is 4.30. The second-order valence-corrected chi connectivity index (χ2v) is 6.92. The van der Waals surface area contributed by atoms with Crippen molar-refractivity contribution in [3.05, 3.63) is 59.4 Å². The van der Waals surface area contributed by atoms with E-state index in [-0.39, 0.29) is 24.9 Å². The molecule has 0 fully saturated rings. The summed E-state index contributed by atoms with van der Waals surface area (Å²) < 4.78 is 5.77. The fraction of sp³-hybridized carbons (Fsp3) is 0.286. The summed E-state index contributed by atoms with van der Waals surface area (Å²) in [7, 11) is 0. The molecule has 3 rings (SSSR count). The lowest BCUT2D eigenvalue weighted by atomic mass is 10.0. The maximum Gasteiger partial charge on any atom is 0.262 e. The molecule has 0 saturated heterocycles. The van der Waals surface area contributed by atoms with Crippen molar-refractivity contribution in [1.82, 2.24) is 15.2 Å². The molecule has 4 N–H and O–H groups in total. The highest BCUT2D eigenvalue weighted by Gasteiger charge is 2.11. The molecule has 0 radical (unpaired) electrons. The molecule has 0 bridgehead atoms. The number of carbonyl (C=O) groups is 1. The number of aromatic amines is 1. The Bertz CT molecular complexity index is 954. The summed E-state index contributed by atoms with van der Waals surface area (Å²) in [5.41, 5.74) is 9.24. The van der Waals surface area contributed by atoms with Gasteiger partial charge in [-0.15, -0.1) is 12.4 Å². The van der Waals surface area contributed by atoms with E-state index in [2.05, 4.69) is 40.4 Å². The average Bonchev–Trinajstić information content (AvgIpc) is 3.16. The number of rotatable bonds is 7. The van der Waals surface area contributed by atoms with Crippen molar-refractivity contribution in [3.63, 3.8) is 0 Å². The number of hydrogen-bond acceptors (Lipinski definition) is 5. The highest BCUT2D eigenvalue weighted by atomic mass is 35.5. The maximum atomic E-state index is 12.3. The molecular weight excluding hydrogens is 390 g/mol. The number of carbonyl (C=O) groups excluding carboxylic acids is 1. The van der Waals surface area contributed by atoms with Crippen molar-refractivity contribution < 1.29 is 9.53 Å². The summed E-state index contributed by atoms with van der Waals surface area (Å²) in [6, 6.07) is 13.4. The fourth-order valence-electron chi connectivity index (χ4n) is 2.80. The molecule has 29 heavy (non-hydrogen) atoms. The SMILES string of the molecule is Cc1ccc(C(C)C)c(OCC(=O)Nc2ccc(-c3n[nH]c(CN)n3)cc2)c1.Cl. The number of nitrogens with zero attached hydrogens (tertiary/aromatic N) is 2. The van der Waals surface area contributed by atoms with Crippen molar-refractivity contribution in [2.45, 2.75) is 33.2 Å². The summed E-state index contributed by atoms with van der Waals surface area (Å²) in [5, 5.41) is 9.73. The molecule has 0 saturated carbocycles. The van der Waals surface area contributed by atoms with Crippen molar-refractivity contribution in [2.75, 3.05) is 11.9 Å². The van der Waals surface area contributed by atoms with E-state index in [4.69, 9.17) is 10.5 Å². The Morgan fingerprint density at radius 1 is 1.21 bits per heavy atom. The highest BCUT2D eigenvalue weighted by Crippen LogP contribution is 2.27. The summed E-state index contributed by atoms with van der Waals surface area (Å²) in [6.07, 6.45) is 0. The molecular formula is C21H26ClN5O2. The third-order valence-electron chi connectivity index (χ3n) is 4.30. The Balaban J connectivity index is 0.00000300. The number of halogens is 1. The van der Waals surface area contributed by atoms with Crippen LogP contribution in [0.3, 0.4) is 0 Å². The van der Waals surface area contributed by atoms with Gasteiger partial charge in [0.2, 0.25) is 0 Å². The van der Waals surface area contributed by atoms with Crippen molar-refractivity contribution in [1.29, 1.82) is 0 Å². The minimum absolute atomic E-state index is 0. The molecule has 0 aliphatic rings. The molecule has 1 heterocycles. The van der Waals surface area contributed by atoms with Crippen LogP contribution in [0.1, 0.15) is 36.7 Å². The lowest BCUT2D eigenvalue weighted by Crippen LogP contribution is -2.20. The zero-order valence-electron chi connectivity index (χ0n) is 16.7. The van der Waals surface area contributed by atoms with Gasteiger partial charge in [0, 0.05) is 11.3 Å². The molecule has 3 aromatic rings. The number of nitrogens with one attached hydrogen (secondary N) is 2. The normalized spacial score (nSPS) is 10.5. The Hall–Kier alpha value is -2.90. The van der Waals surface area contributed by atoms with Crippen LogP contribution in [0.4, 0.5) is 5.69 Å². The van der Waals surface area contributed by atoms with Crippen molar-refractivity contribution in [3.8, 4) is 17.1 Å². The van der Waals surface area contributed by atoms with Gasteiger partial charge < -0.3 is 15.8 Å². The number of nitrogens with two attached hydrogens (primary N) is 1. The number of aromatic nitrogens is 3. The average molecular weight is 416 g/mol. The van der Waals surface area contributed by atoms with Gasteiger partial charge in [0.25, 0.3) is 5.91 Å². The number of aryl methyl sites for hydroxylation is 1. The summed E-state index contributed by atoms with van der Waals surface area (Å²) in [5.74, 6) is 2.05. The predicted octanol–water partition coefficient (Wildman–Crippen LogP) is 3.80. The molecule has 154 valence electrons. The minimum Gasteiger partial charge on any atom is -0.483 e.